The molecule has 0 radical (unpaired) electrons. The van der Waals surface area contributed by atoms with Gasteiger partial charge in [-0.05, 0) is 30.5 Å². The van der Waals surface area contributed by atoms with Crippen molar-refractivity contribution in [2.45, 2.75) is 39.0 Å². The van der Waals surface area contributed by atoms with Crippen LogP contribution in [0, 0.1) is 11.3 Å². The lowest BCUT2D eigenvalue weighted by atomic mass is 9.72. The molecule has 1 aromatic carbocycles. The number of rotatable bonds is 3. The maximum atomic E-state index is 12.4. The molecular weight excluding hydrogens is 370 g/mol. The van der Waals surface area contributed by atoms with Crippen LogP contribution in [0.15, 0.2) is 28.7 Å². The van der Waals surface area contributed by atoms with Crippen LogP contribution in [0.25, 0.3) is 0 Å². The maximum absolute atomic E-state index is 12.4. The molecular formula is C18H24BrN3O2. The van der Waals surface area contributed by atoms with Crippen molar-refractivity contribution in [2.75, 3.05) is 13.1 Å². The van der Waals surface area contributed by atoms with Crippen LogP contribution in [0.4, 0.5) is 4.79 Å². The Bertz CT molecular complexity index is 632. The van der Waals surface area contributed by atoms with E-state index in [1.807, 2.05) is 45.0 Å². The van der Waals surface area contributed by atoms with Crippen molar-refractivity contribution >= 4 is 33.6 Å². The van der Waals surface area contributed by atoms with Crippen LogP contribution in [-0.4, -0.2) is 35.6 Å². The summed E-state index contributed by atoms with van der Waals surface area (Å²) in [5.41, 5.74) is 0.391. The molecule has 1 atom stereocenters. The van der Waals surface area contributed by atoms with Crippen LogP contribution in [0.2, 0.25) is 0 Å². The summed E-state index contributed by atoms with van der Waals surface area (Å²) in [6, 6.07) is 7.55. The van der Waals surface area contributed by atoms with E-state index in [0.717, 1.165) is 10.0 Å². The van der Waals surface area contributed by atoms with Crippen molar-refractivity contribution < 1.29 is 9.59 Å². The number of urea groups is 1. The highest BCUT2D eigenvalue weighted by atomic mass is 79.9. The number of likely N-dealkylation sites (tertiary alicyclic amines) is 1. The minimum atomic E-state index is -0.595. The van der Waals surface area contributed by atoms with E-state index in [1.54, 1.807) is 4.90 Å². The second kappa shape index (κ2) is 7.47. The zero-order chi connectivity index (χ0) is 17.9. The van der Waals surface area contributed by atoms with E-state index in [-0.39, 0.29) is 23.6 Å². The monoisotopic (exact) mass is 393 g/mol. The number of amides is 2. The second-order valence-corrected chi connectivity index (χ2v) is 7.61. The Balaban J connectivity index is 2.15. The molecule has 24 heavy (non-hydrogen) atoms. The molecule has 1 fully saturated rings. The number of nitrogens with zero attached hydrogens (tertiary/aromatic N) is 1. The highest BCUT2D eigenvalue weighted by molar-refractivity contribution is 9.10. The molecule has 2 rings (SSSR count). The third-order valence-electron chi connectivity index (χ3n) is 4.96. The summed E-state index contributed by atoms with van der Waals surface area (Å²) < 4.78 is 0.978. The molecule has 0 saturated carbocycles. The summed E-state index contributed by atoms with van der Waals surface area (Å²) in [7, 11) is 0. The quantitative estimate of drug-likeness (QED) is 0.606. The number of benzene rings is 1. The van der Waals surface area contributed by atoms with E-state index in [1.165, 1.54) is 0 Å². The number of amidine groups is 1. The molecule has 5 nitrogen and oxygen atoms in total. The number of carbonyl (C=O) groups excluding carboxylic acids is 2. The SMILES string of the molecule is CC(C)C(C)(C(=N)NC(=O)N1CCC(=O)CC1)c1ccc(Br)cc1. The van der Waals surface area contributed by atoms with Crippen LogP contribution in [0.3, 0.4) is 0 Å². The van der Waals surface area contributed by atoms with Gasteiger partial charge < -0.3 is 4.90 Å². The molecule has 0 aliphatic carbocycles. The Hall–Kier alpha value is -1.69. The van der Waals surface area contributed by atoms with Crippen molar-refractivity contribution in [1.29, 1.82) is 5.41 Å². The molecule has 0 aromatic heterocycles. The van der Waals surface area contributed by atoms with Crippen LogP contribution in [0.5, 0.6) is 0 Å². The fraction of sp³-hybridized carbons (Fsp3) is 0.500. The molecule has 2 N–H and O–H groups in total. The number of hydrogen-bond acceptors (Lipinski definition) is 3. The molecule has 130 valence electrons. The zero-order valence-electron chi connectivity index (χ0n) is 14.4. The van der Waals surface area contributed by atoms with Crippen LogP contribution in [0.1, 0.15) is 39.2 Å². The first-order valence-electron chi connectivity index (χ1n) is 8.18. The summed E-state index contributed by atoms with van der Waals surface area (Å²) in [4.78, 5) is 25.3. The smallest absolute Gasteiger partial charge is 0.322 e. The first kappa shape index (κ1) is 18.6. The van der Waals surface area contributed by atoms with Gasteiger partial charge in [-0.15, -0.1) is 0 Å². The summed E-state index contributed by atoms with van der Waals surface area (Å²) in [5, 5.41) is 11.3. The minimum Gasteiger partial charge on any atom is -0.324 e. The molecule has 0 spiro atoms. The average Bonchev–Trinajstić information content (AvgIpc) is 2.55. The van der Waals surface area contributed by atoms with Crippen LogP contribution < -0.4 is 5.32 Å². The molecule has 0 bridgehead atoms. The number of nitrogens with one attached hydrogen (secondary N) is 2. The maximum Gasteiger partial charge on any atom is 0.322 e. The first-order chi connectivity index (χ1) is 11.2. The third-order valence-corrected chi connectivity index (χ3v) is 5.49. The van der Waals surface area contributed by atoms with Gasteiger partial charge in [0, 0.05) is 30.4 Å². The summed E-state index contributed by atoms with van der Waals surface area (Å²) in [6.45, 7) is 6.91. The largest absolute Gasteiger partial charge is 0.324 e. The Kier molecular flexibility index (Phi) is 5.80. The van der Waals surface area contributed by atoms with E-state index >= 15 is 0 Å². The normalized spacial score (nSPS) is 17.5. The predicted molar refractivity (Wildman–Crippen MR) is 98.4 cm³/mol. The lowest BCUT2D eigenvalue weighted by Crippen LogP contribution is -2.52. The van der Waals surface area contributed by atoms with Gasteiger partial charge in [0.25, 0.3) is 0 Å². The van der Waals surface area contributed by atoms with Gasteiger partial charge in [0.1, 0.15) is 11.6 Å². The van der Waals surface area contributed by atoms with Gasteiger partial charge in [0.15, 0.2) is 0 Å². The van der Waals surface area contributed by atoms with Gasteiger partial charge in [0.05, 0.1) is 5.41 Å². The Morgan fingerprint density at radius 1 is 1.25 bits per heavy atom. The lowest BCUT2D eigenvalue weighted by molar-refractivity contribution is -0.120. The predicted octanol–water partition coefficient (Wildman–Crippen LogP) is 3.71. The van der Waals surface area contributed by atoms with E-state index in [4.69, 9.17) is 5.41 Å². The average molecular weight is 394 g/mol. The van der Waals surface area contributed by atoms with Gasteiger partial charge >= 0.3 is 6.03 Å². The first-order valence-corrected chi connectivity index (χ1v) is 8.97. The van der Waals surface area contributed by atoms with Gasteiger partial charge in [-0.2, -0.15) is 0 Å². The van der Waals surface area contributed by atoms with Gasteiger partial charge in [0.2, 0.25) is 0 Å². The molecule has 1 aromatic rings. The van der Waals surface area contributed by atoms with Crippen molar-refractivity contribution in [3.05, 3.63) is 34.3 Å². The summed E-state index contributed by atoms with van der Waals surface area (Å²) >= 11 is 3.43. The molecule has 1 aliphatic heterocycles. The van der Waals surface area contributed by atoms with Crippen LogP contribution >= 0.6 is 15.9 Å². The summed E-state index contributed by atoms with van der Waals surface area (Å²) in [6.07, 6.45) is 0.795. The highest BCUT2D eigenvalue weighted by Gasteiger charge is 2.37. The van der Waals surface area contributed by atoms with E-state index in [2.05, 4.69) is 21.2 Å². The lowest BCUT2D eigenvalue weighted by Gasteiger charge is -2.36. The van der Waals surface area contributed by atoms with Crippen molar-refractivity contribution in [2.24, 2.45) is 5.92 Å². The van der Waals surface area contributed by atoms with E-state index < -0.39 is 5.41 Å². The fourth-order valence-corrected chi connectivity index (χ4v) is 3.10. The third kappa shape index (κ3) is 3.86. The zero-order valence-corrected chi connectivity index (χ0v) is 15.9. The Labute approximate surface area is 151 Å². The van der Waals surface area contributed by atoms with Crippen molar-refractivity contribution in [3.8, 4) is 0 Å². The van der Waals surface area contributed by atoms with Gasteiger partial charge in [-0.25, -0.2) is 4.79 Å². The minimum absolute atomic E-state index is 0.134. The molecule has 1 saturated heterocycles. The van der Waals surface area contributed by atoms with Gasteiger partial charge in [-0.3, -0.25) is 15.5 Å². The topological polar surface area (TPSA) is 73.3 Å². The summed E-state index contributed by atoms with van der Waals surface area (Å²) in [5.74, 6) is 0.507. The van der Waals surface area contributed by atoms with Crippen molar-refractivity contribution in [1.82, 2.24) is 10.2 Å². The van der Waals surface area contributed by atoms with E-state index in [9.17, 15) is 9.59 Å². The number of piperidine rings is 1. The highest BCUT2D eigenvalue weighted by Crippen LogP contribution is 2.33. The second-order valence-electron chi connectivity index (χ2n) is 6.69. The molecule has 1 heterocycles. The van der Waals surface area contributed by atoms with Crippen LogP contribution in [-0.2, 0) is 10.2 Å². The Morgan fingerprint density at radius 2 is 1.79 bits per heavy atom. The number of halogens is 1. The number of ketones is 1. The standard InChI is InChI=1S/C18H24BrN3O2/c1-12(2)18(3,13-4-6-14(19)7-5-13)16(20)21-17(24)22-10-8-15(23)9-11-22/h4-7,12H,8-11H2,1-3H3,(H2,20,21,24). The molecule has 2 amide bonds. The molecule has 6 heteroatoms. The van der Waals surface area contributed by atoms with Crippen molar-refractivity contribution in [3.63, 3.8) is 0 Å². The van der Waals surface area contributed by atoms with Gasteiger partial charge in [-0.1, -0.05) is 41.9 Å². The number of Topliss-reactive ketones (excluding diaryl/α,β-unsaturated/α-hetero) is 1. The fourth-order valence-electron chi connectivity index (χ4n) is 2.84. The molecule has 1 unspecified atom stereocenters. The molecule has 1 aliphatic rings. The number of hydrogen-bond donors (Lipinski definition) is 2. The van der Waals surface area contributed by atoms with E-state index in [0.29, 0.717) is 25.9 Å². The number of carbonyl (C=O) groups is 2. The Morgan fingerprint density at radius 3 is 2.29 bits per heavy atom.